The first kappa shape index (κ1) is 16.4. The van der Waals surface area contributed by atoms with Gasteiger partial charge in [-0.2, -0.15) is 0 Å². The molecule has 0 radical (unpaired) electrons. The quantitative estimate of drug-likeness (QED) is 0.743. The molecule has 3 aromatic rings. The summed E-state index contributed by atoms with van der Waals surface area (Å²) in [5.41, 5.74) is 3.32. The molecule has 0 aliphatic carbocycles. The van der Waals surface area contributed by atoms with Crippen molar-refractivity contribution in [3.05, 3.63) is 58.9 Å². The fraction of sp³-hybridized carbons (Fsp3) is 0.350. The van der Waals surface area contributed by atoms with E-state index < -0.39 is 0 Å². The van der Waals surface area contributed by atoms with Crippen LogP contribution in [0.1, 0.15) is 30.1 Å². The normalized spacial score (nSPS) is 16.4. The summed E-state index contributed by atoms with van der Waals surface area (Å²) in [6.45, 7) is 2.99. The van der Waals surface area contributed by atoms with Gasteiger partial charge in [-0.25, -0.2) is 4.98 Å². The van der Waals surface area contributed by atoms with Gasteiger partial charge in [0.25, 0.3) is 0 Å². The van der Waals surface area contributed by atoms with Crippen LogP contribution in [0.5, 0.6) is 5.75 Å². The Morgan fingerprint density at radius 1 is 1.20 bits per heavy atom. The molecule has 1 N–H and O–H groups in total. The Bertz CT molecular complexity index is 868. The van der Waals surface area contributed by atoms with E-state index in [1.54, 1.807) is 7.11 Å². The molecular formula is C20H22ClN3O. The minimum atomic E-state index is 0.571. The third-order valence-corrected chi connectivity index (χ3v) is 5.27. The number of piperidine rings is 1. The third-order valence-electron chi connectivity index (χ3n) is 5.03. The number of rotatable bonds is 4. The van der Waals surface area contributed by atoms with E-state index in [0.29, 0.717) is 5.92 Å². The van der Waals surface area contributed by atoms with Crippen molar-refractivity contribution in [1.82, 2.24) is 14.9 Å². The zero-order chi connectivity index (χ0) is 17.2. The minimum Gasteiger partial charge on any atom is -0.496 e. The molecule has 1 saturated heterocycles. The predicted molar refractivity (Wildman–Crippen MR) is 101 cm³/mol. The summed E-state index contributed by atoms with van der Waals surface area (Å²) < 4.78 is 5.52. The smallest absolute Gasteiger partial charge is 0.122 e. The molecule has 0 bridgehead atoms. The highest BCUT2D eigenvalue weighted by molar-refractivity contribution is 6.31. The molecule has 25 heavy (non-hydrogen) atoms. The van der Waals surface area contributed by atoms with Gasteiger partial charge in [0.1, 0.15) is 11.6 Å². The molecule has 0 spiro atoms. The molecular weight excluding hydrogens is 334 g/mol. The van der Waals surface area contributed by atoms with Gasteiger partial charge in [-0.15, -0.1) is 0 Å². The lowest BCUT2D eigenvalue weighted by molar-refractivity contribution is 0.199. The van der Waals surface area contributed by atoms with Gasteiger partial charge >= 0.3 is 0 Å². The molecule has 130 valence electrons. The van der Waals surface area contributed by atoms with Crippen LogP contribution < -0.4 is 4.74 Å². The van der Waals surface area contributed by atoms with E-state index in [1.807, 2.05) is 24.3 Å². The molecule has 4 rings (SSSR count). The first-order valence-electron chi connectivity index (χ1n) is 8.72. The first-order chi connectivity index (χ1) is 12.2. The average Bonchev–Trinajstić information content (AvgIpc) is 3.03. The van der Waals surface area contributed by atoms with Crippen LogP contribution in [0.4, 0.5) is 0 Å². The van der Waals surface area contributed by atoms with Crippen LogP contribution >= 0.6 is 11.6 Å². The Labute approximate surface area is 152 Å². The minimum absolute atomic E-state index is 0.571. The number of nitrogens with zero attached hydrogens (tertiary/aromatic N) is 2. The van der Waals surface area contributed by atoms with Crippen molar-refractivity contribution >= 4 is 22.6 Å². The van der Waals surface area contributed by atoms with Gasteiger partial charge < -0.3 is 9.72 Å². The Balaban J connectivity index is 1.41. The van der Waals surface area contributed by atoms with Crippen molar-refractivity contribution < 1.29 is 4.74 Å². The Hall–Kier alpha value is -2.04. The molecule has 5 heteroatoms. The molecule has 0 saturated carbocycles. The highest BCUT2D eigenvalue weighted by Crippen LogP contribution is 2.34. The maximum absolute atomic E-state index is 6.05. The second-order valence-electron chi connectivity index (χ2n) is 6.64. The summed E-state index contributed by atoms with van der Waals surface area (Å²) in [6, 6.07) is 14.2. The van der Waals surface area contributed by atoms with Crippen molar-refractivity contribution in [3.8, 4) is 5.75 Å². The molecule has 0 amide bonds. The summed E-state index contributed by atoms with van der Waals surface area (Å²) in [4.78, 5) is 10.5. The van der Waals surface area contributed by atoms with Crippen LogP contribution in [-0.4, -0.2) is 35.1 Å². The van der Waals surface area contributed by atoms with E-state index >= 15 is 0 Å². The largest absolute Gasteiger partial charge is 0.496 e. The number of fused-ring (bicyclic) bond motifs is 1. The number of imidazole rings is 1. The number of nitrogens with one attached hydrogen (secondary N) is 1. The summed E-state index contributed by atoms with van der Waals surface area (Å²) in [6.07, 6.45) is 2.29. The highest BCUT2D eigenvalue weighted by Gasteiger charge is 2.23. The monoisotopic (exact) mass is 355 g/mol. The summed E-state index contributed by atoms with van der Waals surface area (Å²) in [7, 11) is 1.75. The molecule has 1 fully saturated rings. The Morgan fingerprint density at radius 3 is 2.80 bits per heavy atom. The first-order valence-corrected chi connectivity index (χ1v) is 9.10. The number of aromatic nitrogens is 2. The highest BCUT2D eigenvalue weighted by atomic mass is 35.5. The number of para-hydroxylation sites is 1. The lowest BCUT2D eigenvalue weighted by Gasteiger charge is -2.32. The lowest BCUT2D eigenvalue weighted by atomic mass is 9.89. The molecule has 2 aromatic carbocycles. The van der Waals surface area contributed by atoms with Gasteiger partial charge in [0, 0.05) is 5.02 Å². The second kappa shape index (κ2) is 7.06. The van der Waals surface area contributed by atoms with Crippen LogP contribution in [-0.2, 0) is 6.54 Å². The van der Waals surface area contributed by atoms with Gasteiger partial charge in [0.15, 0.2) is 0 Å². The lowest BCUT2D eigenvalue weighted by Crippen LogP contribution is -2.32. The van der Waals surface area contributed by atoms with Crippen LogP contribution in [0.2, 0.25) is 5.02 Å². The topological polar surface area (TPSA) is 41.1 Å². The second-order valence-corrected chi connectivity index (χ2v) is 7.07. The van der Waals surface area contributed by atoms with Gasteiger partial charge in [-0.1, -0.05) is 29.8 Å². The van der Waals surface area contributed by atoms with Gasteiger partial charge in [-0.05, 0) is 61.7 Å². The number of ether oxygens (including phenoxy) is 1. The molecule has 1 aliphatic rings. The standard InChI is InChI=1S/C20H22ClN3O/c1-25-19-5-3-2-4-16(19)14-8-10-24(11-9-14)13-20-22-17-7-6-15(21)12-18(17)23-20/h2-7,12,14H,8-11,13H2,1H3,(H,22,23). The third kappa shape index (κ3) is 3.51. The SMILES string of the molecule is COc1ccccc1C1CCN(Cc2nc3ccc(Cl)cc3[nH]2)CC1. The van der Waals surface area contributed by atoms with Crippen molar-refractivity contribution in [1.29, 1.82) is 0 Å². The number of methoxy groups -OCH3 is 1. The zero-order valence-corrected chi connectivity index (χ0v) is 15.1. The Morgan fingerprint density at radius 2 is 2.00 bits per heavy atom. The van der Waals surface area contributed by atoms with Crippen molar-refractivity contribution in [2.75, 3.05) is 20.2 Å². The summed E-state index contributed by atoms with van der Waals surface area (Å²) >= 11 is 6.05. The van der Waals surface area contributed by atoms with Crippen molar-refractivity contribution in [2.24, 2.45) is 0 Å². The summed E-state index contributed by atoms with van der Waals surface area (Å²) in [5, 5.41) is 0.736. The molecule has 1 aliphatic heterocycles. The van der Waals surface area contributed by atoms with E-state index in [9.17, 15) is 0 Å². The fourth-order valence-corrected chi connectivity index (χ4v) is 3.90. The van der Waals surface area contributed by atoms with E-state index in [0.717, 1.165) is 60.1 Å². The molecule has 0 atom stereocenters. The van der Waals surface area contributed by atoms with E-state index in [2.05, 4.69) is 33.1 Å². The average molecular weight is 356 g/mol. The molecule has 2 heterocycles. The van der Waals surface area contributed by atoms with Crippen LogP contribution in [0.25, 0.3) is 11.0 Å². The van der Waals surface area contributed by atoms with Crippen LogP contribution in [0, 0.1) is 0 Å². The van der Waals surface area contributed by atoms with E-state index in [4.69, 9.17) is 16.3 Å². The number of aromatic amines is 1. The van der Waals surface area contributed by atoms with E-state index in [-0.39, 0.29) is 0 Å². The van der Waals surface area contributed by atoms with E-state index in [1.165, 1.54) is 5.56 Å². The van der Waals surface area contributed by atoms with Gasteiger partial charge in [-0.3, -0.25) is 4.90 Å². The molecule has 4 nitrogen and oxygen atoms in total. The number of likely N-dealkylation sites (tertiary alicyclic amines) is 1. The van der Waals surface area contributed by atoms with Gasteiger partial charge in [0.05, 0.1) is 24.7 Å². The number of halogens is 1. The van der Waals surface area contributed by atoms with Gasteiger partial charge in [0.2, 0.25) is 0 Å². The molecule has 0 unspecified atom stereocenters. The maximum Gasteiger partial charge on any atom is 0.122 e. The number of hydrogen-bond acceptors (Lipinski definition) is 3. The number of hydrogen-bond donors (Lipinski definition) is 1. The van der Waals surface area contributed by atoms with Crippen LogP contribution in [0.3, 0.4) is 0 Å². The van der Waals surface area contributed by atoms with Crippen molar-refractivity contribution in [2.45, 2.75) is 25.3 Å². The molecule has 1 aromatic heterocycles. The van der Waals surface area contributed by atoms with Crippen molar-refractivity contribution in [3.63, 3.8) is 0 Å². The number of benzene rings is 2. The zero-order valence-electron chi connectivity index (χ0n) is 14.3. The number of H-pyrrole nitrogens is 1. The fourth-order valence-electron chi connectivity index (χ4n) is 3.73. The Kier molecular flexibility index (Phi) is 4.64. The maximum atomic E-state index is 6.05. The predicted octanol–water partition coefficient (Wildman–Crippen LogP) is 4.60. The van der Waals surface area contributed by atoms with Crippen LogP contribution in [0.15, 0.2) is 42.5 Å². The summed E-state index contributed by atoms with van der Waals surface area (Å²) in [5.74, 6) is 2.59.